The molecule has 4 nitrogen and oxygen atoms in total. The largest absolute Gasteiger partial charge is 0.465 e. The SMILES string of the molecule is C=CC(O)c1c(C(F)F)nc(C(F)(F)F)c(C(=O)OC)c1CC(C)C. The van der Waals surface area contributed by atoms with Gasteiger partial charge in [-0.1, -0.05) is 19.9 Å². The van der Waals surface area contributed by atoms with Crippen LogP contribution in [0.3, 0.4) is 0 Å². The van der Waals surface area contributed by atoms with Gasteiger partial charge < -0.3 is 9.84 Å². The van der Waals surface area contributed by atoms with Gasteiger partial charge in [0.2, 0.25) is 0 Å². The fraction of sp³-hybridized carbons (Fsp3) is 0.500. The summed E-state index contributed by atoms with van der Waals surface area (Å²) in [6, 6.07) is 0. The predicted molar refractivity (Wildman–Crippen MR) is 79.2 cm³/mol. The molecule has 0 aliphatic carbocycles. The molecule has 0 amide bonds. The topological polar surface area (TPSA) is 59.4 Å². The molecule has 0 aromatic carbocycles. The summed E-state index contributed by atoms with van der Waals surface area (Å²) in [5.41, 5.74) is -4.88. The molecule has 1 unspecified atom stereocenters. The van der Waals surface area contributed by atoms with E-state index < -0.39 is 47.2 Å². The molecule has 1 heterocycles. The first-order valence-corrected chi connectivity index (χ1v) is 7.26. The molecule has 140 valence electrons. The second-order valence-corrected chi connectivity index (χ2v) is 5.68. The fourth-order valence-corrected chi connectivity index (χ4v) is 2.43. The molecule has 1 aromatic rings. The molecule has 9 heteroatoms. The lowest BCUT2D eigenvalue weighted by atomic mass is 9.88. The number of carbonyl (C=O) groups is 1. The maximum absolute atomic E-state index is 13.3. The van der Waals surface area contributed by atoms with Crippen LogP contribution in [0.4, 0.5) is 22.0 Å². The molecular formula is C16H18F5NO3. The van der Waals surface area contributed by atoms with Crippen molar-refractivity contribution in [3.8, 4) is 0 Å². The van der Waals surface area contributed by atoms with Crippen molar-refractivity contribution in [2.75, 3.05) is 7.11 Å². The Morgan fingerprint density at radius 2 is 1.92 bits per heavy atom. The summed E-state index contributed by atoms with van der Waals surface area (Å²) in [7, 11) is 0.867. The molecule has 1 rings (SSSR count). The van der Waals surface area contributed by atoms with Crippen molar-refractivity contribution >= 4 is 5.97 Å². The third-order valence-corrected chi connectivity index (χ3v) is 3.37. The average molecular weight is 367 g/mol. The monoisotopic (exact) mass is 367 g/mol. The average Bonchev–Trinajstić information content (AvgIpc) is 2.50. The Morgan fingerprint density at radius 1 is 1.36 bits per heavy atom. The van der Waals surface area contributed by atoms with Gasteiger partial charge in [0.25, 0.3) is 6.43 Å². The lowest BCUT2D eigenvalue weighted by Crippen LogP contribution is -2.24. The van der Waals surface area contributed by atoms with Crippen molar-refractivity contribution in [3.63, 3.8) is 0 Å². The lowest BCUT2D eigenvalue weighted by Gasteiger charge is -2.23. The maximum atomic E-state index is 13.3. The zero-order valence-corrected chi connectivity index (χ0v) is 13.8. The zero-order valence-electron chi connectivity index (χ0n) is 13.8. The fourth-order valence-electron chi connectivity index (χ4n) is 2.43. The van der Waals surface area contributed by atoms with Crippen molar-refractivity contribution in [2.24, 2.45) is 5.92 Å². The van der Waals surface area contributed by atoms with Gasteiger partial charge in [-0.2, -0.15) is 13.2 Å². The number of rotatable bonds is 6. The normalized spacial score (nSPS) is 13.2. The van der Waals surface area contributed by atoms with Gasteiger partial charge in [-0.15, -0.1) is 6.58 Å². The highest BCUT2D eigenvalue weighted by Gasteiger charge is 2.42. The van der Waals surface area contributed by atoms with Crippen LogP contribution < -0.4 is 0 Å². The molecule has 0 bridgehead atoms. The zero-order chi connectivity index (χ0) is 19.5. The molecule has 0 aliphatic heterocycles. The number of hydrogen-bond donors (Lipinski definition) is 1. The standard InChI is InChI=1S/C16H18F5NO3/c1-5-9(23)10-8(6-7(2)3)11(15(24)25-4)13(16(19,20)21)22-12(10)14(17)18/h5,7,9,14,23H,1,6H2,2-4H3. The van der Waals surface area contributed by atoms with Crippen molar-refractivity contribution in [1.29, 1.82) is 0 Å². The van der Waals surface area contributed by atoms with Crippen LogP contribution in [0, 0.1) is 5.92 Å². The number of esters is 1. The summed E-state index contributed by atoms with van der Waals surface area (Å²) in [6.45, 7) is 6.51. The van der Waals surface area contributed by atoms with Gasteiger partial charge in [-0.25, -0.2) is 18.6 Å². The number of nitrogens with zero attached hydrogens (tertiary/aromatic N) is 1. The van der Waals surface area contributed by atoms with Crippen LogP contribution in [-0.2, 0) is 17.3 Å². The van der Waals surface area contributed by atoms with Crippen LogP contribution in [-0.4, -0.2) is 23.2 Å². The Hall–Kier alpha value is -2.03. The molecule has 0 saturated carbocycles. The minimum Gasteiger partial charge on any atom is -0.465 e. The number of alkyl halides is 5. The Morgan fingerprint density at radius 3 is 2.28 bits per heavy atom. The number of halogens is 5. The minimum atomic E-state index is -5.16. The van der Waals surface area contributed by atoms with E-state index in [0.29, 0.717) is 0 Å². The highest BCUT2D eigenvalue weighted by Crippen LogP contribution is 2.39. The number of pyridine rings is 1. The molecule has 0 spiro atoms. The van der Waals surface area contributed by atoms with Gasteiger partial charge >= 0.3 is 12.1 Å². The van der Waals surface area contributed by atoms with Gasteiger partial charge in [0.15, 0.2) is 5.69 Å². The number of ether oxygens (including phenoxy) is 1. The molecule has 1 N–H and O–H groups in total. The minimum absolute atomic E-state index is 0.171. The predicted octanol–water partition coefficient (Wildman–Crippen LogP) is 4.24. The van der Waals surface area contributed by atoms with Gasteiger partial charge in [-0.3, -0.25) is 0 Å². The van der Waals surface area contributed by atoms with E-state index in [1.807, 2.05) is 0 Å². The summed E-state index contributed by atoms with van der Waals surface area (Å²) in [5.74, 6) is -1.66. The summed E-state index contributed by atoms with van der Waals surface area (Å²) < 4.78 is 71.0. The Kier molecular flexibility index (Phi) is 6.64. The molecule has 25 heavy (non-hydrogen) atoms. The van der Waals surface area contributed by atoms with E-state index in [-0.39, 0.29) is 17.9 Å². The number of methoxy groups -OCH3 is 1. The van der Waals surface area contributed by atoms with Crippen LogP contribution in [0.2, 0.25) is 0 Å². The van der Waals surface area contributed by atoms with E-state index in [9.17, 15) is 31.9 Å². The summed E-state index contributed by atoms with van der Waals surface area (Å²) in [4.78, 5) is 14.9. The number of aliphatic hydroxyl groups is 1. The highest BCUT2D eigenvalue weighted by molar-refractivity contribution is 5.93. The number of carbonyl (C=O) groups excluding carboxylic acids is 1. The first kappa shape index (κ1) is 21.0. The maximum Gasteiger partial charge on any atom is 0.434 e. The van der Waals surface area contributed by atoms with E-state index in [1.165, 1.54) is 0 Å². The number of hydrogen-bond acceptors (Lipinski definition) is 4. The van der Waals surface area contributed by atoms with Gasteiger partial charge in [0, 0.05) is 5.56 Å². The van der Waals surface area contributed by atoms with Crippen molar-refractivity contribution in [2.45, 2.75) is 39.0 Å². The third-order valence-electron chi connectivity index (χ3n) is 3.37. The Labute approximate surface area is 141 Å². The molecule has 0 saturated heterocycles. The third kappa shape index (κ3) is 4.53. The van der Waals surface area contributed by atoms with Crippen LogP contribution in [0.1, 0.15) is 59.2 Å². The molecule has 0 aliphatic rings. The highest BCUT2D eigenvalue weighted by atomic mass is 19.4. The van der Waals surface area contributed by atoms with E-state index in [1.54, 1.807) is 13.8 Å². The van der Waals surface area contributed by atoms with E-state index in [0.717, 1.165) is 13.2 Å². The van der Waals surface area contributed by atoms with Crippen molar-refractivity contribution in [1.82, 2.24) is 4.98 Å². The van der Waals surface area contributed by atoms with E-state index >= 15 is 0 Å². The van der Waals surface area contributed by atoms with Gasteiger partial charge in [0.1, 0.15) is 5.69 Å². The van der Waals surface area contributed by atoms with Gasteiger partial charge in [0.05, 0.1) is 18.8 Å². The summed E-state index contributed by atoms with van der Waals surface area (Å²) in [6.07, 6.45) is -9.55. The van der Waals surface area contributed by atoms with Crippen LogP contribution >= 0.6 is 0 Å². The Balaban J connectivity index is 4.05. The molecule has 1 aromatic heterocycles. The number of aliphatic hydroxyl groups excluding tert-OH is 1. The second-order valence-electron chi connectivity index (χ2n) is 5.68. The van der Waals surface area contributed by atoms with Crippen LogP contribution in [0.25, 0.3) is 0 Å². The Bertz CT molecular complexity index is 656. The quantitative estimate of drug-likeness (QED) is 0.464. The van der Waals surface area contributed by atoms with Gasteiger partial charge in [-0.05, 0) is 17.9 Å². The first-order valence-electron chi connectivity index (χ1n) is 7.26. The number of aromatic nitrogens is 1. The summed E-state index contributed by atoms with van der Waals surface area (Å²) in [5, 5.41) is 10.0. The van der Waals surface area contributed by atoms with Crippen molar-refractivity contribution in [3.05, 3.63) is 40.7 Å². The van der Waals surface area contributed by atoms with Crippen molar-refractivity contribution < 1.29 is 36.6 Å². The molecular weight excluding hydrogens is 349 g/mol. The van der Waals surface area contributed by atoms with E-state index in [2.05, 4.69) is 16.3 Å². The van der Waals surface area contributed by atoms with Crippen LogP contribution in [0.5, 0.6) is 0 Å². The smallest absolute Gasteiger partial charge is 0.434 e. The summed E-state index contributed by atoms with van der Waals surface area (Å²) >= 11 is 0. The first-order chi connectivity index (χ1) is 11.4. The second kappa shape index (κ2) is 7.90. The lowest BCUT2D eigenvalue weighted by molar-refractivity contribution is -0.142. The molecule has 1 atom stereocenters. The molecule has 0 radical (unpaired) electrons. The van der Waals surface area contributed by atoms with E-state index in [4.69, 9.17) is 0 Å². The van der Waals surface area contributed by atoms with Crippen LogP contribution in [0.15, 0.2) is 12.7 Å². The molecule has 0 fully saturated rings.